The van der Waals surface area contributed by atoms with Gasteiger partial charge in [0.1, 0.15) is 0 Å². The Morgan fingerprint density at radius 2 is 1.65 bits per heavy atom. The highest BCUT2D eigenvalue weighted by molar-refractivity contribution is 7.88. The van der Waals surface area contributed by atoms with Gasteiger partial charge in [0.05, 0.1) is 5.75 Å². The van der Waals surface area contributed by atoms with E-state index in [1.165, 1.54) is 0 Å². The first-order chi connectivity index (χ1) is 7.58. The highest BCUT2D eigenvalue weighted by Crippen LogP contribution is 2.17. The van der Waals surface area contributed by atoms with Gasteiger partial charge in [-0.25, -0.2) is 12.7 Å². The van der Waals surface area contributed by atoms with E-state index in [-0.39, 0.29) is 18.2 Å². The summed E-state index contributed by atoms with van der Waals surface area (Å²) < 4.78 is 25.5. The zero-order valence-corrected chi connectivity index (χ0v) is 11.1. The summed E-state index contributed by atoms with van der Waals surface area (Å²) in [6.07, 6.45) is 1.95. The summed E-state index contributed by atoms with van der Waals surface area (Å²) >= 11 is 0. The summed E-state index contributed by atoms with van der Waals surface area (Å²) in [6.45, 7) is 1.33. The fraction of sp³-hybridized carbons (Fsp3) is 0.455. The van der Waals surface area contributed by atoms with E-state index >= 15 is 0 Å². The van der Waals surface area contributed by atoms with Gasteiger partial charge >= 0.3 is 0 Å². The minimum atomic E-state index is -3.13. The lowest BCUT2D eigenvalue weighted by molar-refractivity contribution is 0.476. The summed E-state index contributed by atoms with van der Waals surface area (Å²) in [5, 5.41) is 0. The lowest BCUT2D eigenvalue weighted by Crippen LogP contribution is -2.29. The minimum absolute atomic E-state index is 0. The Kier molecular flexibility index (Phi) is 4.80. The Bertz CT molecular complexity index is 453. The molecule has 0 radical (unpaired) electrons. The molecule has 0 saturated carbocycles. The maximum Gasteiger partial charge on any atom is 0.218 e. The Morgan fingerprint density at radius 3 is 2.18 bits per heavy atom. The third kappa shape index (κ3) is 3.59. The average Bonchev–Trinajstić information content (AvgIpc) is 2.75. The van der Waals surface area contributed by atoms with Crippen molar-refractivity contribution >= 4 is 28.1 Å². The lowest BCUT2D eigenvalue weighted by atomic mass is 10.2. The topological polar surface area (TPSA) is 63.4 Å². The first-order valence-corrected chi connectivity index (χ1v) is 7.01. The van der Waals surface area contributed by atoms with Gasteiger partial charge in [0.2, 0.25) is 10.0 Å². The van der Waals surface area contributed by atoms with Crippen LogP contribution in [0.5, 0.6) is 0 Å². The number of nitrogens with zero attached hydrogens (tertiary/aromatic N) is 1. The number of nitrogen functional groups attached to an aromatic ring is 1. The van der Waals surface area contributed by atoms with Crippen LogP contribution in [-0.4, -0.2) is 25.8 Å². The van der Waals surface area contributed by atoms with Gasteiger partial charge in [-0.1, -0.05) is 12.1 Å². The number of anilines is 1. The van der Waals surface area contributed by atoms with E-state index in [0.29, 0.717) is 18.8 Å². The number of hydrogen-bond donors (Lipinski definition) is 1. The molecule has 0 amide bonds. The maximum atomic E-state index is 12.0. The molecule has 0 aliphatic carbocycles. The molecule has 2 N–H and O–H groups in total. The third-order valence-electron chi connectivity index (χ3n) is 2.79. The molecule has 0 aromatic heterocycles. The molecule has 1 aromatic carbocycles. The molecular weight excluding hydrogens is 260 g/mol. The van der Waals surface area contributed by atoms with Gasteiger partial charge in [-0.05, 0) is 30.5 Å². The van der Waals surface area contributed by atoms with Crippen LogP contribution >= 0.6 is 12.4 Å². The molecule has 2 rings (SSSR count). The van der Waals surface area contributed by atoms with Crippen molar-refractivity contribution in [2.75, 3.05) is 18.8 Å². The van der Waals surface area contributed by atoms with Crippen LogP contribution in [0.25, 0.3) is 0 Å². The SMILES string of the molecule is Cl.Nc1ccc(CS(=O)(=O)N2CCCC2)cc1. The average molecular weight is 277 g/mol. The molecule has 1 aliphatic heterocycles. The van der Waals surface area contributed by atoms with E-state index in [1.807, 2.05) is 0 Å². The first-order valence-electron chi connectivity index (χ1n) is 5.40. The molecule has 0 unspecified atom stereocenters. The second kappa shape index (κ2) is 5.71. The third-order valence-corrected chi connectivity index (χ3v) is 4.64. The smallest absolute Gasteiger partial charge is 0.218 e. The van der Waals surface area contributed by atoms with Crippen LogP contribution in [0.4, 0.5) is 5.69 Å². The normalized spacial score (nSPS) is 16.7. The number of benzene rings is 1. The van der Waals surface area contributed by atoms with Crippen LogP contribution in [0.1, 0.15) is 18.4 Å². The zero-order chi connectivity index (χ0) is 11.6. The largest absolute Gasteiger partial charge is 0.399 e. The fourth-order valence-electron chi connectivity index (χ4n) is 1.88. The van der Waals surface area contributed by atoms with Crippen molar-refractivity contribution in [1.29, 1.82) is 0 Å². The fourth-order valence-corrected chi connectivity index (χ4v) is 3.49. The Morgan fingerprint density at radius 1 is 1.12 bits per heavy atom. The van der Waals surface area contributed by atoms with Crippen molar-refractivity contribution in [1.82, 2.24) is 4.31 Å². The van der Waals surface area contributed by atoms with Crippen LogP contribution < -0.4 is 5.73 Å². The molecule has 1 fully saturated rings. The minimum Gasteiger partial charge on any atom is -0.399 e. The van der Waals surface area contributed by atoms with Crippen LogP contribution in [-0.2, 0) is 15.8 Å². The number of halogens is 1. The molecule has 1 saturated heterocycles. The van der Waals surface area contributed by atoms with E-state index in [1.54, 1.807) is 28.6 Å². The Hall–Kier alpha value is -0.780. The van der Waals surface area contributed by atoms with Crippen molar-refractivity contribution in [3.63, 3.8) is 0 Å². The van der Waals surface area contributed by atoms with Crippen LogP contribution in [0.3, 0.4) is 0 Å². The zero-order valence-electron chi connectivity index (χ0n) is 9.50. The predicted molar refractivity (Wildman–Crippen MR) is 71.5 cm³/mol. The summed E-state index contributed by atoms with van der Waals surface area (Å²) in [5.41, 5.74) is 7.00. The summed E-state index contributed by atoms with van der Waals surface area (Å²) in [5.74, 6) is 0.0767. The first kappa shape index (κ1) is 14.3. The second-order valence-corrected chi connectivity index (χ2v) is 6.07. The number of nitrogens with two attached hydrogens (primary N) is 1. The summed E-state index contributed by atoms with van der Waals surface area (Å²) in [6, 6.07) is 7.00. The molecule has 96 valence electrons. The van der Waals surface area contributed by atoms with E-state index in [2.05, 4.69) is 0 Å². The predicted octanol–water partition coefficient (Wildman–Crippen LogP) is 1.62. The van der Waals surface area contributed by atoms with Gasteiger partial charge in [0.15, 0.2) is 0 Å². The van der Waals surface area contributed by atoms with Crippen molar-refractivity contribution in [2.45, 2.75) is 18.6 Å². The quantitative estimate of drug-likeness (QED) is 0.853. The molecule has 0 atom stereocenters. The monoisotopic (exact) mass is 276 g/mol. The summed E-state index contributed by atoms with van der Waals surface area (Å²) in [7, 11) is -3.13. The molecule has 6 heteroatoms. The molecule has 4 nitrogen and oxygen atoms in total. The summed E-state index contributed by atoms with van der Waals surface area (Å²) in [4.78, 5) is 0. The molecule has 17 heavy (non-hydrogen) atoms. The molecule has 1 aromatic rings. The Balaban J connectivity index is 0.00000144. The van der Waals surface area contributed by atoms with Gasteiger partial charge in [-0.15, -0.1) is 12.4 Å². The standard InChI is InChI=1S/C11H16N2O2S.ClH/c12-11-5-3-10(4-6-11)9-16(14,15)13-7-1-2-8-13;/h3-6H,1-2,7-9,12H2;1H. The molecule has 0 spiro atoms. The van der Waals surface area contributed by atoms with E-state index < -0.39 is 10.0 Å². The molecular formula is C11H17ClN2O2S. The van der Waals surface area contributed by atoms with Crippen molar-refractivity contribution in [2.24, 2.45) is 0 Å². The van der Waals surface area contributed by atoms with Gasteiger partial charge in [0, 0.05) is 18.8 Å². The van der Waals surface area contributed by atoms with Crippen molar-refractivity contribution < 1.29 is 8.42 Å². The maximum absolute atomic E-state index is 12.0. The van der Waals surface area contributed by atoms with Gasteiger partial charge in [-0.3, -0.25) is 0 Å². The van der Waals surface area contributed by atoms with E-state index in [9.17, 15) is 8.42 Å². The van der Waals surface area contributed by atoms with Crippen LogP contribution in [0.15, 0.2) is 24.3 Å². The Labute approximate surface area is 108 Å². The van der Waals surface area contributed by atoms with Crippen molar-refractivity contribution in [3.05, 3.63) is 29.8 Å². The highest BCUT2D eigenvalue weighted by atomic mass is 35.5. The second-order valence-electron chi connectivity index (χ2n) is 4.10. The van der Waals surface area contributed by atoms with Crippen molar-refractivity contribution in [3.8, 4) is 0 Å². The van der Waals surface area contributed by atoms with Gasteiger partial charge < -0.3 is 5.73 Å². The molecule has 1 heterocycles. The molecule has 0 bridgehead atoms. The van der Waals surface area contributed by atoms with Crippen LogP contribution in [0, 0.1) is 0 Å². The van der Waals surface area contributed by atoms with E-state index in [0.717, 1.165) is 18.4 Å². The van der Waals surface area contributed by atoms with E-state index in [4.69, 9.17) is 5.73 Å². The number of rotatable bonds is 3. The lowest BCUT2D eigenvalue weighted by Gasteiger charge is -2.15. The van der Waals surface area contributed by atoms with Crippen LogP contribution in [0.2, 0.25) is 0 Å². The highest BCUT2D eigenvalue weighted by Gasteiger charge is 2.25. The molecule has 1 aliphatic rings. The van der Waals surface area contributed by atoms with Gasteiger partial charge in [-0.2, -0.15) is 0 Å². The van der Waals surface area contributed by atoms with Gasteiger partial charge in [0.25, 0.3) is 0 Å². The number of sulfonamides is 1. The number of hydrogen-bond acceptors (Lipinski definition) is 3.